The first-order valence-corrected chi connectivity index (χ1v) is 14.9. The third-order valence-electron chi connectivity index (χ3n) is 6.63. The molecule has 1 heterocycles. The molecule has 40 heavy (non-hydrogen) atoms. The summed E-state index contributed by atoms with van der Waals surface area (Å²) >= 11 is 0. The van der Waals surface area contributed by atoms with Gasteiger partial charge in [0.2, 0.25) is 28.6 Å². The number of rotatable bonds is 11. The van der Waals surface area contributed by atoms with Gasteiger partial charge in [-0.25, -0.2) is 8.42 Å². The summed E-state index contributed by atoms with van der Waals surface area (Å²) in [5, 5.41) is 2.95. The Labute approximate surface area is 235 Å². The number of carbonyl (C=O) groups is 2. The number of anilines is 1. The van der Waals surface area contributed by atoms with Gasteiger partial charge in [-0.05, 0) is 49.6 Å². The fourth-order valence-electron chi connectivity index (χ4n) is 4.56. The van der Waals surface area contributed by atoms with E-state index in [-0.39, 0.29) is 37.4 Å². The number of nitrogens with zero attached hydrogens (tertiary/aromatic N) is 2. The van der Waals surface area contributed by atoms with E-state index in [2.05, 4.69) is 5.32 Å². The van der Waals surface area contributed by atoms with Gasteiger partial charge < -0.3 is 19.7 Å². The molecule has 0 aromatic heterocycles. The maximum atomic E-state index is 14.1. The van der Waals surface area contributed by atoms with Crippen molar-refractivity contribution in [3.63, 3.8) is 0 Å². The van der Waals surface area contributed by atoms with Crippen LogP contribution in [0.1, 0.15) is 30.5 Å². The molecule has 0 bridgehead atoms. The number of hydrogen-bond acceptors (Lipinski definition) is 6. The highest BCUT2D eigenvalue weighted by Crippen LogP contribution is 2.36. The van der Waals surface area contributed by atoms with Crippen molar-refractivity contribution in [3.8, 4) is 11.5 Å². The van der Waals surface area contributed by atoms with Crippen molar-refractivity contribution in [2.45, 2.75) is 45.8 Å². The van der Waals surface area contributed by atoms with Gasteiger partial charge in [0.1, 0.15) is 12.6 Å². The highest BCUT2D eigenvalue weighted by molar-refractivity contribution is 7.92. The molecular weight excluding hydrogens is 530 g/mol. The second-order valence-corrected chi connectivity index (χ2v) is 12.0. The summed E-state index contributed by atoms with van der Waals surface area (Å²) in [5.74, 6) is 0.0765. The van der Waals surface area contributed by atoms with E-state index in [1.807, 2.05) is 75.4 Å². The first-order chi connectivity index (χ1) is 19.0. The first-order valence-electron chi connectivity index (χ1n) is 13.1. The highest BCUT2D eigenvalue weighted by atomic mass is 32.2. The van der Waals surface area contributed by atoms with Gasteiger partial charge in [-0.1, -0.05) is 54.6 Å². The Morgan fingerprint density at radius 3 is 2.30 bits per heavy atom. The summed E-state index contributed by atoms with van der Waals surface area (Å²) in [6, 6.07) is 20.8. The van der Waals surface area contributed by atoms with Crippen LogP contribution in [0, 0.1) is 6.92 Å². The standard InChI is InChI=1S/C30H35N3O6S/c1-21(2)31-30(35)26(16-23-11-6-5-7-12-23)32(18-24-13-9-8-10-22(24)3)29(34)19-33(40(4,36)37)25-14-15-27-28(17-25)39-20-38-27/h5-15,17,21,26H,16,18-20H2,1-4H3,(H,31,35)/t26-/m1/s1. The molecule has 0 saturated heterocycles. The van der Waals surface area contributed by atoms with Crippen LogP contribution in [0.2, 0.25) is 0 Å². The van der Waals surface area contributed by atoms with Crippen LogP contribution < -0.4 is 19.1 Å². The summed E-state index contributed by atoms with van der Waals surface area (Å²) in [4.78, 5) is 29.2. The van der Waals surface area contributed by atoms with Crippen LogP contribution in [0.3, 0.4) is 0 Å². The van der Waals surface area contributed by atoms with E-state index in [0.29, 0.717) is 11.5 Å². The fourth-order valence-corrected chi connectivity index (χ4v) is 5.40. The molecule has 0 radical (unpaired) electrons. The third kappa shape index (κ3) is 7.12. The van der Waals surface area contributed by atoms with Crippen LogP contribution in [0.5, 0.6) is 11.5 Å². The topological polar surface area (TPSA) is 105 Å². The Kier molecular flexibility index (Phi) is 8.99. The van der Waals surface area contributed by atoms with Gasteiger partial charge in [0.25, 0.3) is 0 Å². The molecule has 0 aliphatic carbocycles. The van der Waals surface area contributed by atoms with Crippen LogP contribution >= 0.6 is 0 Å². The average molecular weight is 566 g/mol. The van der Waals surface area contributed by atoms with E-state index in [4.69, 9.17) is 9.47 Å². The molecule has 4 rings (SSSR count). The van der Waals surface area contributed by atoms with Crippen molar-refractivity contribution in [3.05, 3.63) is 89.5 Å². The Balaban J connectivity index is 1.74. The lowest BCUT2D eigenvalue weighted by Crippen LogP contribution is -2.54. The minimum atomic E-state index is -3.88. The summed E-state index contributed by atoms with van der Waals surface area (Å²) in [7, 11) is -3.88. The summed E-state index contributed by atoms with van der Waals surface area (Å²) in [6.45, 7) is 5.32. The molecule has 0 saturated carbocycles. The number of hydrogen-bond donors (Lipinski definition) is 1. The number of benzene rings is 3. The van der Waals surface area contributed by atoms with Gasteiger partial charge >= 0.3 is 0 Å². The first kappa shape index (κ1) is 28.9. The number of fused-ring (bicyclic) bond motifs is 1. The smallest absolute Gasteiger partial charge is 0.244 e. The Morgan fingerprint density at radius 2 is 1.62 bits per heavy atom. The normalized spacial score (nSPS) is 13.1. The van der Waals surface area contributed by atoms with Gasteiger partial charge in [0.05, 0.1) is 11.9 Å². The van der Waals surface area contributed by atoms with Gasteiger partial charge in [0.15, 0.2) is 11.5 Å². The lowest BCUT2D eigenvalue weighted by Gasteiger charge is -2.34. The van der Waals surface area contributed by atoms with Crippen LogP contribution in [-0.2, 0) is 32.6 Å². The van der Waals surface area contributed by atoms with E-state index < -0.39 is 28.5 Å². The molecule has 0 fully saturated rings. The molecule has 3 aromatic rings. The zero-order valence-corrected chi connectivity index (χ0v) is 24.0. The maximum Gasteiger partial charge on any atom is 0.244 e. The molecule has 2 amide bonds. The highest BCUT2D eigenvalue weighted by Gasteiger charge is 2.33. The maximum absolute atomic E-state index is 14.1. The zero-order chi connectivity index (χ0) is 28.9. The molecule has 10 heteroatoms. The van der Waals surface area contributed by atoms with Crippen molar-refractivity contribution in [2.75, 3.05) is 23.9 Å². The lowest BCUT2D eigenvalue weighted by molar-refractivity contribution is -0.140. The van der Waals surface area contributed by atoms with Gasteiger partial charge in [0, 0.05) is 25.1 Å². The molecule has 3 aromatic carbocycles. The minimum absolute atomic E-state index is 0.0346. The Morgan fingerprint density at radius 1 is 0.950 bits per heavy atom. The quantitative estimate of drug-likeness (QED) is 0.381. The molecular formula is C30H35N3O6S. The Bertz CT molecular complexity index is 1460. The minimum Gasteiger partial charge on any atom is -0.454 e. The van der Waals surface area contributed by atoms with E-state index in [0.717, 1.165) is 27.3 Å². The predicted molar refractivity (Wildman–Crippen MR) is 154 cm³/mol. The second-order valence-electron chi connectivity index (χ2n) is 10.1. The Hall–Kier alpha value is -4.05. The van der Waals surface area contributed by atoms with Crippen LogP contribution in [0.4, 0.5) is 5.69 Å². The van der Waals surface area contributed by atoms with Gasteiger partial charge in [-0.15, -0.1) is 0 Å². The summed E-state index contributed by atoms with van der Waals surface area (Å²) in [5.41, 5.74) is 2.96. The van der Waals surface area contributed by atoms with E-state index in [9.17, 15) is 18.0 Å². The molecule has 9 nitrogen and oxygen atoms in total. The van der Waals surface area contributed by atoms with E-state index in [1.54, 1.807) is 12.1 Å². The van der Waals surface area contributed by atoms with Gasteiger partial charge in [-0.3, -0.25) is 13.9 Å². The largest absolute Gasteiger partial charge is 0.454 e. The fraction of sp³-hybridized carbons (Fsp3) is 0.333. The summed E-state index contributed by atoms with van der Waals surface area (Å²) < 4.78 is 37.7. The number of aryl methyl sites for hydroxylation is 1. The number of carbonyl (C=O) groups excluding carboxylic acids is 2. The molecule has 1 aliphatic heterocycles. The average Bonchev–Trinajstić information content (AvgIpc) is 3.37. The monoisotopic (exact) mass is 565 g/mol. The van der Waals surface area contributed by atoms with Crippen molar-refractivity contribution in [1.29, 1.82) is 0 Å². The van der Waals surface area contributed by atoms with Gasteiger partial charge in [-0.2, -0.15) is 0 Å². The number of amides is 2. The third-order valence-corrected chi connectivity index (χ3v) is 7.77. The van der Waals surface area contributed by atoms with E-state index in [1.165, 1.54) is 11.0 Å². The SMILES string of the molecule is Cc1ccccc1CN(C(=O)CN(c1ccc2c(c1)OCO2)S(C)(=O)=O)[C@H](Cc1ccccc1)C(=O)NC(C)C. The molecule has 1 aliphatic rings. The second kappa shape index (κ2) is 12.4. The van der Waals surface area contributed by atoms with Crippen molar-refractivity contribution >= 4 is 27.5 Å². The van der Waals surface area contributed by atoms with Crippen molar-refractivity contribution in [2.24, 2.45) is 0 Å². The molecule has 1 atom stereocenters. The predicted octanol–water partition coefficient (Wildman–Crippen LogP) is 3.65. The van der Waals surface area contributed by atoms with Crippen LogP contribution in [0.25, 0.3) is 0 Å². The van der Waals surface area contributed by atoms with Crippen LogP contribution in [-0.4, -0.2) is 56.8 Å². The number of sulfonamides is 1. The number of ether oxygens (including phenoxy) is 2. The molecule has 212 valence electrons. The number of nitrogens with one attached hydrogen (secondary N) is 1. The van der Waals surface area contributed by atoms with Crippen LogP contribution in [0.15, 0.2) is 72.8 Å². The summed E-state index contributed by atoms with van der Waals surface area (Å²) in [6.07, 6.45) is 1.31. The van der Waals surface area contributed by atoms with Crippen molar-refractivity contribution in [1.82, 2.24) is 10.2 Å². The van der Waals surface area contributed by atoms with E-state index >= 15 is 0 Å². The molecule has 0 spiro atoms. The van der Waals surface area contributed by atoms with Crippen molar-refractivity contribution < 1.29 is 27.5 Å². The lowest BCUT2D eigenvalue weighted by atomic mass is 10.0. The molecule has 0 unspecified atom stereocenters. The zero-order valence-electron chi connectivity index (χ0n) is 23.2. The molecule has 1 N–H and O–H groups in total.